The maximum atomic E-state index is 3.59. The molecule has 0 saturated carbocycles. The van der Waals surface area contributed by atoms with Crippen molar-refractivity contribution in [3.05, 3.63) is 29.8 Å². The number of hydrogen-bond donors (Lipinski definition) is 1. The molecule has 1 aromatic rings. The molecule has 1 unspecified atom stereocenters. The van der Waals surface area contributed by atoms with Gasteiger partial charge in [0.15, 0.2) is 0 Å². The molecule has 1 atom stereocenters. The Morgan fingerprint density at radius 1 is 1.06 bits per heavy atom. The lowest BCUT2D eigenvalue weighted by Gasteiger charge is -2.30. The van der Waals surface area contributed by atoms with Gasteiger partial charge in [0, 0.05) is 18.8 Å². The van der Waals surface area contributed by atoms with Crippen LogP contribution in [0.5, 0.6) is 0 Å². The standard InChI is InChI=1S/C16H24N2/c1-2-6-10-18(9-5-1)13-14-11-15-7-3-4-8-16(15)17-12-14/h3-4,7-8,14,17H,1-2,5-6,9-13H2. The number of likely N-dealkylation sites (tertiary alicyclic amines) is 1. The molecule has 1 aromatic carbocycles. The average Bonchev–Trinajstić information content (AvgIpc) is 2.67. The molecule has 0 radical (unpaired) electrons. The van der Waals surface area contributed by atoms with Gasteiger partial charge in [0.1, 0.15) is 0 Å². The Morgan fingerprint density at radius 2 is 1.83 bits per heavy atom. The number of rotatable bonds is 2. The van der Waals surface area contributed by atoms with Crippen molar-refractivity contribution in [1.29, 1.82) is 0 Å². The van der Waals surface area contributed by atoms with E-state index in [1.165, 1.54) is 63.0 Å². The van der Waals surface area contributed by atoms with Gasteiger partial charge in [0.25, 0.3) is 0 Å². The van der Waals surface area contributed by atoms with Gasteiger partial charge in [0.05, 0.1) is 0 Å². The van der Waals surface area contributed by atoms with Crippen molar-refractivity contribution in [3.8, 4) is 0 Å². The van der Waals surface area contributed by atoms with Gasteiger partial charge in [-0.3, -0.25) is 0 Å². The molecule has 2 heteroatoms. The summed E-state index contributed by atoms with van der Waals surface area (Å²) >= 11 is 0. The van der Waals surface area contributed by atoms with Crippen LogP contribution in [-0.4, -0.2) is 31.1 Å². The summed E-state index contributed by atoms with van der Waals surface area (Å²) in [5, 5.41) is 3.59. The maximum absolute atomic E-state index is 3.59. The second-order valence-electron chi connectivity index (χ2n) is 5.82. The van der Waals surface area contributed by atoms with Gasteiger partial charge >= 0.3 is 0 Å². The molecule has 0 aromatic heterocycles. The zero-order valence-electron chi connectivity index (χ0n) is 11.2. The van der Waals surface area contributed by atoms with Crippen LogP contribution in [-0.2, 0) is 6.42 Å². The van der Waals surface area contributed by atoms with E-state index in [-0.39, 0.29) is 0 Å². The minimum absolute atomic E-state index is 0.790. The molecule has 1 fully saturated rings. The number of nitrogens with one attached hydrogen (secondary N) is 1. The van der Waals surface area contributed by atoms with Gasteiger partial charge < -0.3 is 10.2 Å². The summed E-state index contributed by atoms with van der Waals surface area (Å²) in [5.41, 5.74) is 2.85. The summed E-state index contributed by atoms with van der Waals surface area (Å²) in [7, 11) is 0. The Hall–Kier alpha value is -1.02. The average molecular weight is 244 g/mol. The second kappa shape index (κ2) is 5.75. The van der Waals surface area contributed by atoms with Crippen molar-refractivity contribution >= 4 is 5.69 Å². The van der Waals surface area contributed by atoms with Crippen LogP contribution in [0, 0.1) is 5.92 Å². The lowest BCUT2D eigenvalue weighted by atomic mass is 9.93. The third-order valence-corrected chi connectivity index (χ3v) is 4.32. The van der Waals surface area contributed by atoms with Gasteiger partial charge in [0.2, 0.25) is 0 Å². The highest BCUT2D eigenvalue weighted by atomic mass is 15.1. The Morgan fingerprint density at radius 3 is 2.67 bits per heavy atom. The number of anilines is 1. The molecule has 2 aliphatic heterocycles. The van der Waals surface area contributed by atoms with Gasteiger partial charge in [-0.15, -0.1) is 0 Å². The number of nitrogens with zero attached hydrogens (tertiary/aromatic N) is 1. The number of fused-ring (bicyclic) bond motifs is 1. The van der Waals surface area contributed by atoms with Gasteiger partial charge in [-0.25, -0.2) is 0 Å². The first-order valence-corrected chi connectivity index (χ1v) is 7.46. The molecular weight excluding hydrogens is 220 g/mol. The number of para-hydroxylation sites is 1. The highest BCUT2D eigenvalue weighted by molar-refractivity contribution is 5.53. The smallest absolute Gasteiger partial charge is 0.0372 e. The number of benzene rings is 1. The topological polar surface area (TPSA) is 15.3 Å². The second-order valence-corrected chi connectivity index (χ2v) is 5.82. The van der Waals surface area contributed by atoms with Crippen molar-refractivity contribution in [3.63, 3.8) is 0 Å². The zero-order chi connectivity index (χ0) is 12.2. The SMILES string of the molecule is c1ccc2c(c1)CC(CN1CCCCCC1)CN2. The van der Waals surface area contributed by atoms with E-state index in [1.54, 1.807) is 0 Å². The molecule has 0 spiro atoms. The number of hydrogen-bond acceptors (Lipinski definition) is 2. The van der Waals surface area contributed by atoms with Crippen LogP contribution < -0.4 is 5.32 Å². The normalized spacial score (nSPS) is 25.0. The monoisotopic (exact) mass is 244 g/mol. The highest BCUT2D eigenvalue weighted by Crippen LogP contribution is 2.25. The molecule has 2 heterocycles. The molecule has 2 aliphatic rings. The maximum Gasteiger partial charge on any atom is 0.0372 e. The van der Waals surface area contributed by atoms with Crippen molar-refractivity contribution in [2.45, 2.75) is 32.1 Å². The molecule has 0 amide bonds. The van der Waals surface area contributed by atoms with Crippen LogP contribution in [0.15, 0.2) is 24.3 Å². The van der Waals surface area contributed by atoms with Crippen LogP contribution in [0.25, 0.3) is 0 Å². The van der Waals surface area contributed by atoms with E-state index in [4.69, 9.17) is 0 Å². The fourth-order valence-corrected chi connectivity index (χ4v) is 3.32. The van der Waals surface area contributed by atoms with Crippen molar-refractivity contribution in [2.75, 3.05) is 31.5 Å². The lowest BCUT2D eigenvalue weighted by Crippen LogP contribution is -2.36. The van der Waals surface area contributed by atoms with Crippen molar-refractivity contribution < 1.29 is 0 Å². The first-order chi connectivity index (χ1) is 8.92. The van der Waals surface area contributed by atoms with Crippen LogP contribution >= 0.6 is 0 Å². The molecule has 3 rings (SSSR count). The van der Waals surface area contributed by atoms with Gasteiger partial charge in [-0.1, -0.05) is 31.0 Å². The summed E-state index contributed by atoms with van der Waals surface area (Å²) < 4.78 is 0. The first-order valence-electron chi connectivity index (χ1n) is 7.46. The van der Waals surface area contributed by atoms with Crippen LogP contribution in [0.1, 0.15) is 31.2 Å². The van der Waals surface area contributed by atoms with E-state index in [9.17, 15) is 0 Å². The summed E-state index contributed by atoms with van der Waals surface area (Å²) in [5.74, 6) is 0.790. The third-order valence-electron chi connectivity index (χ3n) is 4.32. The summed E-state index contributed by atoms with van der Waals surface area (Å²) in [4.78, 5) is 2.69. The molecule has 98 valence electrons. The van der Waals surface area contributed by atoms with Gasteiger partial charge in [-0.05, 0) is 49.9 Å². The van der Waals surface area contributed by atoms with Gasteiger partial charge in [-0.2, -0.15) is 0 Å². The van der Waals surface area contributed by atoms with Crippen LogP contribution in [0.4, 0.5) is 5.69 Å². The zero-order valence-corrected chi connectivity index (χ0v) is 11.2. The fourth-order valence-electron chi connectivity index (χ4n) is 3.32. The lowest BCUT2D eigenvalue weighted by molar-refractivity contribution is 0.240. The van der Waals surface area contributed by atoms with E-state index in [0.29, 0.717) is 0 Å². The Labute approximate surface area is 110 Å². The molecule has 2 nitrogen and oxygen atoms in total. The third kappa shape index (κ3) is 2.86. The Kier molecular flexibility index (Phi) is 3.84. The molecular formula is C16H24N2. The van der Waals surface area contributed by atoms with E-state index in [2.05, 4.69) is 34.5 Å². The first kappa shape index (κ1) is 12.0. The van der Waals surface area contributed by atoms with E-state index >= 15 is 0 Å². The Bertz CT molecular complexity index is 380. The highest BCUT2D eigenvalue weighted by Gasteiger charge is 2.20. The molecule has 1 N–H and O–H groups in total. The van der Waals surface area contributed by atoms with Crippen LogP contribution in [0.3, 0.4) is 0 Å². The van der Waals surface area contributed by atoms with E-state index in [1.807, 2.05) is 0 Å². The molecule has 0 bridgehead atoms. The summed E-state index contributed by atoms with van der Waals surface area (Å²) in [6.45, 7) is 5.06. The van der Waals surface area contributed by atoms with E-state index < -0.39 is 0 Å². The summed E-state index contributed by atoms with van der Waals surface area (Å²) in [6, 6.07) is 8.77. The van der Waals surface area contributed by atoms with E-state index in [0.717, 1.165) is 12.5 Å². The predicted octanol–water partition coefficient (Wildman–Crippen LogP) is 3.15. The molecule has 18 heavy (non-hydrogen) atoms. The van der Waals surface area contributed by atoms with Crippen molar-refractivity contribution in [2.24, 2.45) is 5.92 Å². The quantitative estimate of drug-likeness (QED) is 0.859. The minimum Gasteiger partial charge on any atom is -0.384 e. The molecule has 1 saturated heterocycles. The fraction of sp³-hybridized carbons (Fsp3) is 0.625. The summed E-state index contributed by atoms with van der Waals surface area (Å²) in [6.07, 6.45) is 6.91. The van der Waals surface area contributed by atoms with Crippen molar-refractivity contribution in [1.82, 2.24) is 4.90 Å². The van der Waals surface area contributed by atoms with Crippen LogP contribution in [0.2, 0.25) is 0 Å². The Balaban J connectivity index is 1.58. The minimum atomic E-state index is 0.790. The molecule has 0 aliphatic carbocycles. The predicted molar refractivity (Wildman–Crippen MR) is 77.0 cm³/mol. The largest absolute Gasteiger partial charge is 0.384 e.